The van der Waals surface area contributed by atoms with Crippen molar-refractivity contribution in [3.63, 3.8) is 0 Å². The Hall–Kier alpha value is -3.60. The summed E-state index contributed by atoms with van der Waals surface area (Å²) in [6, 6.07) is 19.7. The molecule has 5 nitrogen and oxygen atoms in total. The maximum atomic E-state index is 12.3. The maximum Gasteiger partial charge on any atom is 0.338 e. The van der Waals surface area contributed by atoms with Gasteiger partial charge in [0.05, 0.1) is 5.56 Å². The number of carbonyl (C=O) groups is 2. The summed E-state index contributed by atoms with van der Waals surface area (Å²) in [4.78, 5) is 24.6. The molecule has 3 aromatic rings. The van der Waals surface area contributed by atoms with Crippen LogP contribution in [0.4, 0.5) is 5.69 Å². The number of esters is 1. The second-order valence-corrected chi connectivity index (χ2v) is 6.91. The predicted octanol–water partition coefficient (Wildman–Crippen LogP) is 4.98. The lowest BCUT2D eigenvalue weighted by molar-refractivity contribution is -0.119. The van der Waals surface area contributed by atoms with Crippen LogP contribution in [0.2, 0.25) is 0 Å². The molecule has 3 aromatic carbocycles. The molecule has 154 valence electrons. The second-order valence-electron chi connectivity index (χ2n) is 6.91. The Morgan fingerprint density at radius 2 is 1.37 bits per heavy atom. The molecular formula is C25H25NO4. The van der Waals surface area contributed by atoms with Crippen LogP contribution >= 0.6 is 0 Å². The van der Waals surface area contributed by atoms with E-state index in [0.29, 0.717) is 5.56 Å². The fourth-order valence-electron chi connectivity index (χ4n) is 3.25. The molecule has 0 aliphatic carbocycles. The van der Waals surface area contributed by atoms with Crippen molar-refractivity contribution in [1.82, 2.24) is 0 Å². The molecule has 0 atom stereocenters. The first-order valence-corrected chi connectivity index (χ1v) is 9.99. The van der Waals surface area contributed by atoms with Crippen LogP contribution in [0.3, 0.4) is 0 Å². The normalized spacial score (nSPS) is 10.5. The minimum atomic E-state index is -0.554. The lowest BCUT2D eigenvalue weighted by Crippen LogP contribution is -2.22. The van der Waals surface area contributed by atoms with E-state index in [2.05, 4.69) is 5.32 Å². The van der Waals surface area contributed by atoms with E-state index in [4.69, 9.17) is 4.74 Å². The van der Waals surface area contributed by atoms with Crippen LogP contribution in [0.1, 0.15) is 35.3 Å². The molecule has 30 heavy (non-hydrogen) atoms. The molecular weight excluding hydrogens is 378 g/mol. The number of phenols is 1. The number of anilines is 1. The van der Waals surface area contributed by atoms with Crippen LogP contribution in [0, 0.1) is 0 Å². The number of hydrogen-bond acceptors (Lipinski definition) is 4. The van der Waals surface area contributed by atoms with Crippen molar-refractivity contribution in [3.8, 4) is 16.9 Å². The molecule has 3 rings (SSSR count). The Bertz CT molecular complexity index is 1000. The minimum Gasteiger partial charge on any atom is -0.508 e. The van der Waals surface area contributed by atoms with E-state index >= 15 is 0 Å². The van der Waals surface area contributed by atoms with Gasteiger partial charge < -0.3 is 15.2 Å². The van der Waals surface area contributed by atoms with Crippen molar-refractivity contribution < 1.29 is 19.4 Å². The number of para-hydroxylation sites is 1. The van der Waals surface area contributed by atoms with E-state index in [9.17, 15) is 14.7 Å². The topological polar surface area (TPSA) is 75.6 Å². The summed E-state index contributed by atoms with van der Waals surface area (Å²) in [5.74, 6) is -0.716. The van der Waals surface area contributed by atoms with Gasteiger partial charge in [-0.05, 0) is 59.4 Å². The monoisotopic (exact) mass is 403 g/mol. The third-order valence-corrected chi connectivity index (χ3v) is 4.92. The number of benzene rings is 3. The fourth-order valence-corrected chi connectivity index (χ4v) is 3.25. The molecule has 0 aliphatic rings. The molecule has 0 aliphatic heterocycles. The van der Waals surface area contributed by atoms with Crippen molar-refractivity contribution in [2.75, 3.05) is 11.9 Å². The Balaban J connectivity index is 1.60. The molecule has 0 saturated carbocycles. The molecule has 1 amide bonds. The van der Waals surface area contributed by atoms with Gasteiger partial charge in [0, 0.05) is 5.69 Å². The van der Waals surface area contributed by atoms with Gasteiger partial charge in [0.15, 0.2) is 6.61 Å². The average molecular weight is 403 g/mol. The lowest BCUT2D eigenvalue weighted by atomic mass is 10.0. The summed E-state index contributed by atoms with van der Waals surface area (Å²) < 4.78 is 5.19. The number of aromatic hydroxyl groups is 1. The second kappa shape index (κ2) is 9.74. The molecule has 0 spiro atoms. The van der Waals surface area contributed by atoms with Gasteiger partial charge >= 0.3 is 5.97 Å². The van der Waals surface area contributed by atoms with Gasteiger partial charge in [-0.1, -0.05) is 56.3 Å². The van der Waals surface area contributed by atoms with Gasteiger partial charge in [-0.3, -0.25) is 4.79 Å². The van der Waals surface area contributed by atoms with Crippen LogP contribution in [0.15, 0.2) is 66.7 Å². The molecule has 0 radical (unpaired) electrons. The number of phenolic OH excluding ortho intramolecular Hbond substituents is 1. The number of carbonyl (C=O) groups excluding carboxylic acids is 2. The van der Waals surface area contributed by atoms with E-state index in [-0.39, 0.29) is 18.3 Å². The highest BCUT2D eigenvalue weighted by Crippen LogP contribution is 2.23. The van der Waals surface area contributed by atoms with Crippen molar-refractivity contribution in [2.45, 2.75) is 26.7 Å². The summed E-state index contributed by atoms with van der Waals surface area (Å²) >= 11 is 0. The Labute approximate surface area is 176 Å². The first-order chi connectivity index (χ1) is 14.5. The highest BCUT2D eigenvalue weighted by molar-refractivity contribution is 5.96. The third-order valence-electron chi connectivity index (χ3n) is 4.92. The van der Waals surface area contributed by atoms with Crippen LogP contribution in [0.5, 0.6) is 5.75 Å². The highest BCUT2D eigenvalue weighted by Gasteiger charge is 2.13. The summed E-state index contributed by atoms with van der Waals surface area (Å²) in [6.07, 6.45) is 1.60. The molecule has 0 unspecified atom stereocenters. The quantitative estimate of drug-likeness (QED) is 0.546. The Morgan fingerprint density at radius 1 is 0.833 bits per heavy atom. The summed E-state index contributed by atoms with van der Waals surface area (Å²) in [5.41, 5.74) is 5.12. The highest BCUT2D eigenvalue weighted by atomic mass is 16.5. The van der Waals surface area contributed by atoms with E-state index in [1.54, 1.807) is 48.5 Å². The third kappa shape index (κ3) is 5.06. The average Bonchev–Trinajstić information content (AvgIpc) is 2.78. The molecule has 0 aromatic heterocycles. The summed E-state index contributed by atoms with van der Waals surface area (Å²) in [5, 5.41) is 12.3. The summed E-state index contributed by atoms with van der Waals surface area (Å²) in [6.45, 7) is 3.72. The zero-order valence-corrected chi connectivity index (χ0v) is 17.1. The largest absolute Gasteiger partial charge is 0.508 e. The van der Waals surface area contributed by atoms with Crippen molar-refractivity contribution >= 4 is 17.6 Å². The standard InChI is InChI=1S/C25H25NO4/c1-3-17-6-5-7-18(4-2)24(17)26-23(28)16-30-25(29)21-10-8-19(9-11-21)20-12-14-22(27)15-13-20/h5-15,27H,3-4,16H2,1-2H3,(H,26,28). The van der Waals surface area contributed by atoms with Crippen LogP contribution < -0.4 is 5.32 Å². The molecule has 5 heteroatoms. The fraction of sp³-hybridized carbons (Fsp3) is 0.200. The summed E-state index contributed by atoms with van der Waals surface area (Å²) in [7, 11) is 0. The number of aryl methyl sites for hydroxylation is 2. The predicted molar refractivity (Wildman–Crippen MR) is 118 cm³/mol. The zero-order chi connectivity index (χ0) is 21.5. The van der Waals surface area contributed by atoms with Gasteiger partial charge in [0.2, 0.25) is 0 Å². The van der Waals surface area contributed by atoms with Gasteiger partial charge in [0.1, 0.15) is 5.75 Å². The molecule has 0 fully saturated rings. The minimum absolute atomic E-state index is 0.199. The number of rotatable bonds is 7. The van der Waals surface area contributed by atoms with Crippen molar-refractivity contribution in [1.29, 1.82) is 0 Å². The molecule has 0 heterocycles. The molecule has 0 saturated heterocycles. The van der Waals surface area contributed by atoms with Gasteiger partial charge in [-0.15, -0.1) is 0 Å². The Kier molecular flexibility index (Phi) is 6.86. The number of amides is 1. The maximum absolute atomic E-state index is 12.3. The molecule has 2 N–H and O–H groups in total. The van der Waals surface area contributed by atoms with Crippen LogP contribution in [-0.4, -0.2) is 23.6 Å². The van der Waals surface area contributed by atoms with Gasteiger partial charge in [-0.2, -0.15) is 0 Å². The van der Waals surface area contributed by atoms with Gasteiger partial charge in [0.25, 0.3) is 5.91 Å². The van der Waals surface area contributed by atoms with Crippen molar-refractivity contribution in [3.05, 3.63) is 83.4 Å². The van der Waals surface area contributed by atoms with E-state index in [1.807, 2.05) is 32.0 Å². The SMILES string of the molecule is CCc1cccc(CC)c1NC(=O)COC(=O)c1ccc(-c2ccc(O)cc2)cc1. The van der Waals surface area contributed by atoms with Crippen LogP contribution in [0.25, 0.3) is 11.1 Å². The first-order valence-electron chi connectivity index (χ1n) is 9.99. The lowest BCUT2D eigenvalue weighted by Gasteiger charge is -2.14. The number of ether oxygens (including phenoxy) is 1. The van der Waals surface area contributed by atoms with Gasteiger partial charge in [-0.25, -0.2) is 4.79 Å². The van der Waals surface area contributed by atoms with E-state index in [0.717, 1.165) is 40.8 Å². The smallest absolute Gasteiger partial charge is 0.338 e. The first kappa shape index (κ1) is 21.1. The number of nitrogens with one attached hydrogen (secondary N) is 1. The Morgan fingerprint density at radius 3 is 1.90 bits per heavy atom. The zero-order valence-electron chi connectivity index (χ0n) is 17.1. The van der Waals surface area contributed by atoms with Crippen molar-refractivity contribution in [2.24, 2.45) is 0 Å². The van der Waals surface area contributed by atoms with E-state index < -0.39 is 5.97 Å². The molecule has 0 bridgehead atoms. The number of hydrogen-bond donors (Lipinski definition) is 2. The van der Waals surface area contributed by atoms with E-state index in [1.165, 1.54) is 0 Å². The van der Waals surface area contributed by atoms with Crippen LogP contribution in [-0.2, 0) is 22.4 Å².